The highest BCUT2D eigenvalue weighted by Gasteiger charge is 2.33. The first-order chi connectivity index (χ1) is 9.63. The van der Waals surface area contributed by atoms with Crippen molar-refractivity contribution in [3.05, 3.63) is 35.1 Å². The Kier molecular flexibility index (Phi) is 3.23. The van der Waals surface area contributed by atoms with Crippen LogP contribution >= 0.6 is 15.9 Å². The molecule has 2 heterocycles. The minimum atomic E-state index is -0.650. The van der Waals surface area contributed by atoms with Gasteiger partial charge in [0, 0.05) is 10.2 Å². The van der Waals surface area contributed by atoms with Gasteiger partial charge in [0.2, 0.25) is 11.9 Å². The molecule has 0 radical (unpaired) electrons. The Bertz CT molecular complexity index is 667. The molecule has 102 valence electrons. The number of nitrogens with one attached hydrogen (secondary N) is 2. The maximum atomic E-state index is 12.0. The molecule has 2 N–H and O–H groups in total. The zero-order valence-electron chi connectivity index (χ0n) is 10.2. The lowest BCUT2D eigenvalue weighted by atomic mass is 10.2. The van der Waals surface area contributed by atoms with E-state index in [4.69, 9.17) is 0 Å². The molecule has 0 fully saturated rings. The molecular weight excluding hydrogens is 326 g/mol. The largest absolute Gasteiger partial charge is 0.326 e. The molecule has 7 nitrogen and oxygen atoms in total. The number of fused-ring (bicyclic) bond motifs is 1. The molecule has 1 aliphatic rings. The molecule has 0 aliphatic carbocycles. The van der Waals surface area contributed by atoms with E-state index in [-0.39, 0.29) is 18.2 Å². The number of amides is 2. The van der Waals surface area contributed by atoms with Crippen LogP contribution in [0.2, 0.25) is 0 Å². The Morgan fingerprint density at radius 3 is 2.90 bits per heavy atom. The summed E-state index contributed by atoms with van der Waals surface area (Å²) in [6, 6.07) is 6.55. The smallest absolute Gasteiger partial charge is 0.252 e. The van der Waals surface area contributed by atoms with Crippen LogP contribution in [0.15, 0.2) is 35.1 Å². The third-order valence-electron chi connectivity index (χ3n) is 2.91. The first kappa shape index (κ1) is 12.8. The van der Waals surface area contributed by atoms with Gasteiger partial charge in [-0.05, 0) is 24.3 Å². The van der Waals surface area contributed by atoms with Gasteiger partial charge in [-0.1, -0.05) is 15.9 Å². The zero-order chi connectivity index (χ0) is 14.1. The number of rotatable bonds is 3. The monoisotopic (exact) mass is 335 g/mol. The van der Waals surface area contributed by atoms with Crippen LogP contribution in [0.4, 0.5) is 11.6 Å². The Morgan fingerprint density at radius 1 is 1.40 bits per heavy atom. The second-order valence-electron chi connectivity index (χ2n) is 4.29. The molecule has 1 aromatic carbocycles. The second-order valence-corrected chi connectivity index (χ2v) is 5.21. The van der Waals surface area contributed by atoms with Gasteiger partial charge in [-0.2, -0.15) is 10.1 Å². The normalized spacial score (nSPS) is 16.6. The highest BCUT2D eigenvalue weighted by Crippen LogP contribution is 2.24. The minimum absolute atomic E-state index is 0.0122. The molecule has 2 amide bonds. The fourth-order valence-corrected chi connectivity index (χ4v) is 2.24. The van der Waals surface area contributed by atoms with Crippen molar-refractivity contribution in [3.63, 3.8) is 0 Å². The van der Waals surface area contributed by atoms with Gasteiger partial charge in [-0.3, -0.25) is 14.9 Å². The van der Waals surface area contributed by atoms with Gasteiger partial charge in [-0.25, -0.2) is 4.68 Å². The van der Waals surface area contributed by atoms with Crippen LogP contribution in [-0.2, 0) is 9.59 Å². The summed E-state index contributed by atoms with van der Waals surface area (Å²) >= 11 is 3.32. The number of hydrogen-bond donors (Lipinski definition) is 2. The van der Waals surface area contributed by atoms with E-state index in [2.05, 4.69) is 36.6 Å². The predicted octanol–water partition coefficient (Wildman–Crippen LogP) is 1.56. The molecule has 2 aromatic rings. The Morgan fingerprint density at radius 2 is 2.15 bits per heavy atom. The van der Waals surface area contributed by atoms with Crippen molar-refractivity contribution < 1.29 is 9.59 Å². The SMILES string of the molecule is O=C(C[C@H]1C(=O)Nc2ncnn21)Nc1ccc(Br)cc1. The topological polar surface area (TPSA) is 88.9 Å². The van der Waals surface area contributed by atoms with Crippen molar-refractivity contribution in [1.82, 2.24) is 14.8 Å². The first-order valence-corrected chi connectivity index (χ1v) is 6.68. The van der Waals surface area contributed by atoms with Gasteiger partial charge in [-0.15, -0.1) is 0 Å². The van der Waals surface area contributed by atoms with Gasteiger partial charge >= 0.3 is 0 Å². The zero-order valence-corrected chi connectivity index (χ0v) is 11.8. The average Bonchev–Trinajstić information content (AvgIpc) is 2.96. The van der Waals surface area contributed by atoms with Crippen LogP contribution in [0.5, 0.6) is 0 Å². The number of carbonyl (C=O) groups is 2. The summed E-state index contributed by atoms with van der Waals surface area (Å²) in [6.07, 6.45) is 1.35. The highest BCUT2D eigenvalue weighted by atomic mass is 79.9. The number of carbonyl (C=O) groups excluding carboxylic acids is 2. The van der Waals surface area contributed by atoms with Gasteiger partial charge in [0.15, 0.2) is 0 Å². The van der Waals surface area contributed by atoms with Crippen LogP contribution < -0.4 is 10.6 Å². The summed E-state index contributed by atoms with van der Waals surface area (Å²) in [5.74, 6) is -0.154. The standard InChI is InChI=1S/C12H10BrN5O2/c13-7-1-3-8(4-2-7)16-10(19)5-9-11(20)17-12-14-6-15-18(9)12/h1-4,6,9H,5H2,(H,16,19)(H,14,15,17,20)/t9-/m0/s1. The second kappa shape index (κ2) is 5.04. The number of anilines is 2. The van der Waals surface area contributed by atoms with Crippen molar-refractivity contribution >= 4 is 39.4 Å². The van der Waals surface area contributed by atoms with Crippen molar-refractivity contribution in [1.29, 1.82) is 0 Å². The van der Waals surface area contributed by atoms with Gasteiger partial charge in [0.05, 0.1) is 6.42 Å². The van der Waals surface area contributed by atoms with Crippen LogP contribution in [-0.4, -0.2) is 26.6 Å². The van der Waals surface area contributed by atoms with E-state index in [1.807, 2.05) is 12.1 Å². The summed E-state index contributed by atoms with van der Waals surface area (Å²) in [6.45, 7) is 0. The quantitative estimate of drug-likeness (QED) is 0.890. The van der Waals surface area contributed by atoms with Gasteiger partial charge < -0.3 is 5.32 Å². The van der Waals surface area contributed by atoms with E-state index in [1.165, 1.54) is 11.0 Å². The maximum Gasteiger partial charge on any atom is 0.252 e. The van der Waals surface area contributed by atoms with Crippen molar-refractivity contribution in [2.24, 2.45) is 0 Å². The van der Waals surface area contributed by atoms with Crippen LogP contribution in [0.3, 0.4) is 0 Å². The van der Waals surface area contributed by atoms with E-state index in [1.54, 1.807) is 12.1 Å². The third kappa shape index (κ3) is 2.42. The third-order valence-corrected chi connectivity index (χ3v) is 3.44. The fraction of sp³-hybridized carbons (Fsp3) is 0.167. The maximum absolute atomic E-state index is 12.0. The lowest BCUT2D eigenvalue weighted by Crippen LogP contribution is -2.23. The van der Waals surface area contributed by atoms with Crippen molar-refractivity contribution in [2.75, 3.05) is 10.6 Å². The number of aromatic nitrogens is 3. The van der Waals surface area contributed by atoms with E-state index in [0.29, 0.717) is 11.6 Å². The lowest BCUT2D eigenvalue weighted by Gasteiger charge is -2.09. The van der Waals surface area contributed by atoms with Crippen LogP contribution in [0.1, 0.15) is 12.5 Å². The van der Waals surface area contributed by atoms with Crippen LogP contribution in [0.25, 0.3) is 0 Å². The molecule has 3 rings (SSSR count). The molecule has 0 unspecified atom stereocenters. The molecule has 20 heavy (non-hydrogen) atoms. The Balaban J connectivity index is 1.68. The predicted molar refractivity (Wildman–Crippen MR) is 75.1 cm³/mol. The summed E-state index contributed by atoms with van der Waals surface area (Å²) in [5.41, 5.74) is 0.676. The number of hydrogen-bond acceptors (Lipinski definition) is 4. The number of halogens is 1. The minimum Gasteiger partial charge on any atom is -0.326 e. The molecule has 1 atom stereocenters. The molecule has 0 saturated heterocycles. The summed E-state index contributed by atoms with van der Waals surface area (Å²) < 4.78 is 2.35. The van der Waals surface area contributed by atoms with E-state index >= 15 is 0 Å². The van der Waals surface area contributed by atoms with Gasteiger partial charge in [0.1, 0.15) is 12.4 Å². The van der Waals surface area contributed by atoms with Crippen LogP contribution in [0, 0.1) is 0 Å². The lowest BCUT2D eigenvalue weighted by molar-refractivity contribution is -0.123. The highest BCUT2D eigenvalue weighted by molar-refractivity contribution is 9.10. The Hall–Kier alpha value is -2.22. The number of nitrogens with zero attached hydrogens (tertiary/aromatic N) is 3. The Labute approximate surface area is 122 Å². The number of benzene rings is 1. The van der Waals surface area contributed by atoms with Crippen molar-refractivity contribution in [2.45, 2.75) is 12.5 Å². The fourth-order valence-electron chi connectivity index (χ4n) is 1.97. The first-order valence-electron chi connectivity index (χ1n) is 5.89. The molecular formula is C12H10BrN5O2. The summed E-state index contributed by atoms with van der Waals surface area (Å²) in [7, 11) is 0. The molecule has 0 saturated carbocycles. The molecule has 0 bridgehead atoms. The molecule has 1 aromatic heterocycles. The molecule has 8 heteroatoms. The van der Waals surface area contributed by atoms with Gasteiger partial charge in [0.25, 0.3) is 5.91 Å². The molecule has 0 spiro atoms. The average molecular weight is 336 g/mol. The summed E-state index contributed by atoms with van der Waals surface area (Å²) in [4.78, 5) is 27.6. The van der Waals surface area contributed by atoms with Crippen molar-refractivity contribution in [3.8, 4) is 0 Å². The van der Waals surface area contributed by atoms with E-state index in [0.717, 1.165) is 4.47 Å². The summed E-state index contributed by atoms with van der Waals surface area (Å²) in [5, 5.41) is 9.24. The van der Waals surface area contributed by atoms with E-state index < -0.39 is 6.04 Å². The molecule has 1 aliphatic heterocycles. The van der Waals surface area contributed by atoms with E-state index in [9.17, 15) is 9.59 Å².